The molecule has 0 spiro atoms. The Morgan fingerprint density at radius 1 is 1.09 bits per heavy atom. The molecule has 33 heavy (non-hydrogen) atoms. The zero-order chi connectivity index (χ0) is 23.2. The highest BCUT2D eigenvalue weighted by Gasteiger charge is 2.18. The average molecular weight is 444 g/mol. The molecule has 0 fully saturated rings. The number of benzene rings is 3. The van der Waals surface area contributed by atoms with Gasteiger partial charge in [0, 0.05) is 17.3 Å². The summed E-state index contributed by atoms with van der Waals surface area (Å²) >= 11 is 0. The number of nitrogens with two attached hydrogens (primary N) is 1. The number of aromatic nitrogens is 3. The predicted octanol–water partition coefficient (Wildman–Crippen LogP) is 4.66. The van der Waals surface area contributed by atoms with E-state index < -0.39 is 0 Å². The van der Waals surface area contributed by atoms with Crippen molar-refractivity contribution in [3.63, 3.8) is 0 Å². The van der Waals surface area contributed by atoms with E-state index in [2.05, 4.69) is 15.4 Å². The zero-order valence-electron chi connectivity index (χ0n) is 18.4. The van der Waals surface area contributed by atoms with Crippen molar-refractivity contribution in [1.29, 1.82) is 0 Å². The first-order valence-electron chi connectivity index (χ1n) is 10.5. The third-order valence-electron chi connectivity index (χ3n) is 4.71. The van der Waals surface area contributed by atoms with Gasteiger partial charge in [-0.1, -0.05) is 36.4 Å². The third kappa shape index (κ3) is 5.48. The molecule has 0 aliphatic heterocycles. The number of anilines is 3. The summed E-state index contributed by atoms with van der Waals surface area (Å²) in [5.74, 6) is 0.826. The van der Waals surface area contributed by atoms with Crippen molar-refractivity contribution >= 4 is 23.0 Å². The van der Waals surface area contributed by atoms with Gasteiger partial charge in [-0.15, -0.1) is 0 Å². The molecule has 3 aromatic carbocycles. The van der Waals surface area contributed by atoms with Crippen molar-refractivity contribution in [1.82, 2.24) is 14.8 Å². The fraction of sp³-hybridized carbons (Fsp3) is 0.160. The van der Waals surface area contributed by atoms with Gasteiger partial charge >= 0.3 is 0 Å². The smallest absolute Gasteiger partial charge is 0.279 e. The van der Waals surface area contributed by atoms with E-state index in [4.69, 9.17) is 15.2 Å². The fourth-order valence-electron chi connectivity index (χ4n) is 3.24. The van der Waals surface area contributed by atoms with Crippen molar-refractivity contribution in [3.8, 4) is 11.5 Å². The van der Waals surface area contributed by atoms with Gasteiger partial charge in [0.25, 0.3) is 5.91 Å². The lowest BCUT2D eigenvalue weighted by Crippen LogP contribution is -2.15. The lowest BCUT2D eigenvalue weighted by atomic mass is 10.1. The Morgan fingerprint density at radius 2 is 1.91 bits per heavy atom. The van der Waals surface area contributed by atoms with Crippen LogP contribution in [0.2, 0.25) is 0 Å². The van der Waals surface area contributed by atoms with Crippen molar-refractivity contribution in [2.45, 2.75) is 26.6 Å². The Morgan fingerprint density at radius 3 is 2.64 bits per heavy atom. The summed E-state index contributed by atoms with van der Waals surface area (Å²) in [4.78, 5) is 16.6. The summed E-state index contributed by atoms with van der Waals surface area (Å²) in [7, 11) is 0. The Kier molecular flexibility index (Phi) is 6.54. The van der Waals surface area contributed by atoms with Gasteiger partial charge in [-0.05, 0) is 43.7 Å². The number of hydrogen-bond donors (Lipinski definition) is 2. The quantitative estimate of drug-likeness (QED) is 0.382. The van der Waals surface area contributed by atoms with Gasteiger partial charge < -0.3 is 20.5 Å². The maximum atomic E-state index is 12.8. The highest BCUT2D eigenvalue weighted by atomic mass is 16.5. The molecule has 0 bridgehead atoms. The normalized spacial score (nSPS) is 10.8. The summed E-state index contributed by atoms with van der Waals surface area (Å²) < 4.78 is 13.0. The molecule has 0 saturated heterocycles. The van der Waals surface area contributed by atoms with Gasteiger partial charge in [-0.3, -0.25) is 4.79 Å². The molecule has 4 aromatic rings. The van der Waals surface area contributed by atoms with E-state index >= 15 is 0 Å². The Labute approximate surface area is 192 Å². The largest absolute Gasteiger partial charge is 0.489 e. The van der Waals surface area contributed by atoms with E-state index in [0.717, 1.165) is 15.9 Å². The molecule has 1 heterocycles. The zero-order valence-corrected chi connectivity index (χ0v) is 18.4. The molecule has 8 heteroatoms. The minimum Gasteiger partial charge on any atom is -0.489 e. The highest BCUT2D eigenvalue weighted by Crippen LogP contribution is 2.36. The molecule has 0 unspecified atom stereocenters. The number of nitrogens with one attached hydrogen (secondary N) is 1. The van der Waals surface area contributed by atoms with Crippen molar-refractivity contribution in [2.75, 3.05) is 11.1 Å². The standard InChI is InChI=1S/C25H25N5O3/c1-17(2)33-24-22(26)11-19(25(31)30-16-27-15-28-30)12-23(24)29-20-9-6-10-21(13-20)32-14-18-7-4-3-5-8-18/h3-13,15-17,29H,14,26H2,1-2H3. The molecule has 3 N–H and O–H groups in total. The highest BCUT2D eigenvalue weighted by molar-refractivity contribution is 5.98. The average Bonchev–Trinajstić information content (AvgIpc) is 3.35. The second-order valence-electron chi connectivity index (χ2n) is 7.68. The SMILES string of the molecule is CC(C)Oc1c(N)cc(C(=O)n2cncn2)cc1Nc1cccc(OCc2ccccc2)c1. The van der Waals surface area contributed by atoms with E-state index in [0.29, 0.717) is 35.0 Å². The molecule has 0 aliphatic carbocycles. The summed E-state index contributed by atoms with van der Waals surface area (Å²) in [6.45, 7) is 4.28. The molecule has 8 nitrogen and oxygen atoms in total. The van der Waals surface area contributed by atoms with Gasteiger partial charge in [0.15, 0.2) is 5.75 Å². The first kappa shape index (κ1) is 21.9. The summed E-state index contributed by atoms with van der Waals surface area (Å²) in [6, 6.07) is 20.8. The minimum atomic E-state index is -0.349. The van der Waals surface area contributed by atoms with Crippen LogP contribution in [0.3, 0.4) is 0 Å². The van der Waals surface area contributed by atoms with Crippen LogP contribution in [-0.4, -0.2) is 26.8 Å². The van der Waals surface area contributed by atoms with Gasteiger partial charge in [0.1, 0.15) is 25.0 Å². The molecular formula is C25H25N5O3. The lowest BCUT2D eigenvalue weighted by Gasteiger charge is -2.19. The van der Waals surface area contributed by atoms with Gasteiger partial charge in [-0.25, -0.2) is 4.98 Å². The number of ether oxygens (including phenoxy) is 2. The Hall–Kier alpha value is -4.33. The van der Waals surface area contributed by atoms with Crippen molar-refractivity contribution in [3.05, 3.63) is 90.5 Å². The van der Waals surface area contributed by atoms with Crippen LogP contribution in [0.4, 0.5) is 17.1 Å². The lowest BCUT2D eigenvalue weighted by molar-refractivity contribution is 0.0944. The van der Waals surface area contributed by atoms with Crippen LogP contribution in [0, 0.1) is 0 Å². The van der Waals surface area contributed by atoms with Crippen LogP contribution < -0.4 is 20.5 Å². The Bertz CT molecular complexity index is 1220. The number of nitrogen functional groups attached to an aromatic ring is 1. The predicted molar refractivity (Wildman–Crippen MR) is 127 cm³/mol. The molecular weight excluding hydrogens is 418 g/mol. The first-order chi connectivity index (χ1) is 16.0. The van der Waals surface area contributed by atoms with E-state index in [1.165, 1.54) is 12.7 Å². The van der Waals surface area contributed by atoms with Gasteiger partial charge in [0.2, 0.25) is 0 Å². The molecule has 0 saturated carbocycles. The Balaban J connectivity index is 1.61. The van der Waals surface area contributed by atoms with Crippen LogP contribution in [0.1, 0.15) is 29.8 Å². The minimum absolute atomic E-state index is 0.106. The number of nitrogens with zero attached hydrogens (tertiary/aromatic N) is 3. The van der Waals surface area contributed by atoms with E-state index in [1.54, 1.807) is 12.1 Å². The van der Waals surface area contributed by atoms with Crippen LogP contribution in [-0.2, 0) is 6.61 Å². The topological polar surface area (TPSA) is 104 Å². The van der Waals surface area contributed by atoms with E-state index in [-0.39, 0.29) is 12.0 Å². The fourth-order valence-corrected chi connectivity index (χ4v) is 3.24. The summed E-state index contributed by atoms with van der Waals surface area (Å²) in [6.07, 6.45) is 2.54. The van der Waals surface area contributed by atoms with Crippen molar-refractivity contribution in [2.24, 2.45) is 0 Å². The molecule has 0 aliphatic rings. The van der Waals surface area contributed by atoms with E-state index in [9.17, 15) is 4.79 Å². The molecule has 0 amide bonds. The maximum absolute atomic E-state index is 12.8. The third-order valence-corrected chi connectivity index (χ3v) is 4.71. The second-order valence-corrected chi connectivity index (χ2v) is 7.68. The summed E-state index contributed by atoms with van der Waals surface area (Å²) in [5.41, 5.74) is 9.37. The number of carbonyl (C=O) groups excluding carboxylic acids is 1. The van der Waals surface area contributed by atoms with Gasteiger partial charge in [-0.2, -0.15) is 9.78 Å². The molecule has 168 valence electrons. The van der Waals surface area contributed by atoms with Crippen molar-refractivity contribution < 1.29 is 14.3 Å². The first-order valence-corrected chi connectivity index (χ1v) is 10.5. The van der Waals surface area contributed by atoms with Gasteiger partial charge in [0.05, 0.1) is 17.5 Å². The molecule has 1 aromatic heterocycles. The number of rotatable bonds is 8. The number of carbonyl (C=O) groups is 1. The van der Waals surface area contributed by atoms with Crippen LogP contribution >= 0.6 is 0 Å². The van der Waals surface area contributed by atoms with Crippen LogP contribution in [0.15, 0.2) is 79.4 Å². The van der Waals surface area contributed by atoms with E-state index in [1.807, 2.05) is 68.4 Å². The monoisotopic (exact) mass is 443 g/mol. The number of hydrogen-bond acceptors (Lipinski definition) is 7. The van der Waals surface area contributed by atoms with Crippen LogP contribution in [0.25, 0.3) is 0 Å². The summed E-state index contributed by atoms with van der Waals surface area (Å²) in [5, 5.41) is 7.23. The molecule has 0 radical (unpaired) electrons. The molecule has 4 rings (SSSR count). The van der Waals surface area contributed by atoms with Crippen LogP contribution in [0.5, 0.6) is 11.5 Å². The second kappa shape index (κ2) is 9.86. The maximum Gasteiger partial charge on any atom is 0.279 e. The molecule has 0 atom stereocenters.